The van der Waals surface area contributed by atoms with E-state index in [4.69, 9.17) is 5.90 Å². The van der Waals surface area contributed by atoms with Crippen LogP contribution in [0.4, 0.5) is 13.2 Å². The van der Waals surface area contributed by atoms with E-state index in [2.05, 4.69) is 4.84 Å². The van der Waals surface area contributed by atoms with Crippen molar-refractivity contribution in [1.82, 2.24) is 4.57 Å². The summed E-state index contributed by atoms with van der Waals surface area (Å²) >= 11 is 0. The molecule has 152 valence electrons. The Labute approximate surface area is 166 Å². The predicted molar refractivity (Wildman–Crippen MR) is 106 cm³/mol. The van der Waals surface area contributed by atoms with Gasteiger partial charge in [-0.2, -0.15) is 19.1 Å². The molecule has 0 atom stereocenters. The van der Waals surface area contributed by atoms with Crippen LogP contribution in [0.2, 0.25) is 0 Å². The quantitative estimate of drug-likeness (QED) is 0.629. The third-order valence-electron chi connectivity index (χ3n) is 4.89. The van der Waals surface area contributed by atoms with Crippen molar-refractivity contribution in [2.45, 2.75) is 33.0 Å². The van der Waals surface area contributed by atoms with Gasteiger partial charge in [-0.05, 0) is 41.7 Å². The van der Waals surface area contributed by atoms with Gasteiger partial charge in [0.25, 0.3) is 5.56 Å². The minimum Gasteiger partial charge on any atom is -0.405 e. The number of halogens is 3. The molecule has 29 heavy (non-hydrogen) atoms. The van der Waals surface area contributed by atoms with E-state index in [0.717, 1.165) is 29.2 Å². The van der Waals surface area contributed by atoms with Gasteiger partial charge < -0.3 is 9.40 Å². The molecule has 2 N–H and O–H groups in total. The molecular formula is C22H21F3N2O2. The first-order valence-electron chi connectivity index (χ1n) is 9.11. The lowest BCUT2D eigenvalue weighted by Crippen LogP contribution is -2.29. The van der Waals surface area contributed by atoms with E-state index in [9.17, 15) is 18.0 Å². The fourth-order valence-corrected chi connectivity index (χ4v) is 3.28. The number of pyridine rings is 1. The van der Waals surface area contributed by atoms with Crippen LogP contribution in [0.3, 0.4) is 0 Å². The molecular weight excluding hydrogens is 381 g/mol. The molecule has 1 aromatic heterocycles. The van der Waals surface area contributed by atoms with Crippen molar-refractivity contribution in [2.24, 2.45) is 5.90 Å². The lowest BCUT2D eigenvalue weighted by atomic mass is 10.0. The number of benzene rings is 2. The third kappa shape index (κ3) is 4.19. The molecule has 0 fully saturated rings. The maximum atomic E-state index is 13.5. The minimum atomic E-state index is -4.78. The molecule has 0 unspecified atom stereocenters. The van der Waals surface area contributed by atoms with Crippen LogP contribution in [-0.4, -0.2) is 4.57 Å². The van der Waals surface area contributed by atoms with Crippen LogP contribution in [0, 0.1) is 6.92 Å². The summed E-state index contributed by atoms with van der Waals surface area (Å²) in [5, 5.41) is 0. The Balaban J connectivity index is 2.26. The summed E-state index contributed by atoms with van der Waals surface area (Å²) in [6.07, 6.45) is -3.92. The maximum absolute atomic E-state index is 13.5. The van der Waals surface area contributed by atoms with Gasteiger partial charge in [0.2, 0.25) is 5.75 Å². The highest BCUT2D eigenvalue weighted by molar-refractivity contribution is 5.62. The molecule has 0 aliphatic rings. The number of aryl methyl sites for hydroxylation is 2. The molecule has 0 amide bonds. The zero-order valence-electron chi connectivity index (χ0n) is 16.1. The standard InChI is InChI=1S/C22H21F3N2O2/c1-3-15-9-10-17(14(2)11-15)13-27-19(16-7-5-4-6-8-16)12-18(22(23,24)25)20(29-26)21(27)28/h4-12H,3,13,26H2,1-2H3. The van der Waals surface area contributed by atoms with Crippen molar-refractivity contribution in [3.05, 3.63) is 87.2 Å². The lowest BCUT2D eigenvalue weighted by molar-refractivity contribution is -0.139. The first-order chi connectivity index (χ1) is 13.8. The summed E-state index contributed by atoms with van der Waals surface area (Å²) in [6.45, 7) is 4.03. The monoisotopic (exact) mass is 402 g/mol. The van der Waals surface area contributed by atoms with E-state index in [1.807, 2.05) is 32.0 Å². The van der Waals surface area contributed by atoms with Crippen molar-refractivity contribution in [2.75, 3.05) is 0 Å². The largest absolute Gasteiger partial charge is 0.420 e. The number of aromatic nitrogens is 1. The number of hydrogen-bond donors (Lipinski definition) is 1. The summed E-state index contributed by atoms with van der Waals surface area (Å²) < 4.78 is 41.9. The van der Waals surface area contributed by atoms with Gasteiger partial charge in [0.1, 0.15) is 5.56 Å². The Morgan fingerprint density at radius 3 is 2.31 bits per heavy atom. The fraction of sp³-hybridized carbons (Fsp3) is 0.227. The Morgan fingerprint density at radius 2 is 1.76 bits per heavy atom. The second kappa shape index (κ2) is 8.13. The van der Waals surface area contributed by atoms with E-state index in [-0.39, 0.29) is 12.2 Å². The number of rotatable bonds is 5. The Kier molecular flexibility index (Phi) is 5.79. The van der Waals surface area contributed by atoms with E-state index in [1.54, 1.807) is 30.3 Å². The zero-order valence-corrected chi connectivity index (χ0v) is 16.1. The number of nitrogens with zero attached hydrogens (tertiary/aromatic N) is 1. The molecule has 0 aliphatic carbocycles. The van der Waals surface area contributed by atoms with Crippen LogP contribution in [0.5, 0.6) is 5.75 Å². The van der Waals surface area contributed by atoms with Crippen LogP contribution in [0.15, 0.2) is 59.4 Å². The predicted octanol–water partition coefficient (Wildman–Crippen LogP) is 4.71. The number of alkyl halides is 3. The molecule has 2 aromatic carbocycles. The first-order valence-corrected chi connectivity index (χ1v) is 9.11. The Bertz CT molecular complexity index is 1070. The highest BCUT2D eigenvalue weighted by Gasteiger charge is 2.37. The first kappa shape index (κ1) is 20.7. The van der Waals surface area contributed by atoms with Gasteiger partial charge in [0.05, 0.1) is 12.2 Å². The second-order valence-electron chi connectivity index (χ2n) is 6.76. The Morgan fingerprint density at radius 1 is 1.07 bits per heavy atom. The molecule has 3 aromatic rings. The molecule has 0 saturated carbocycles. The van der Waals surface area contributed by atoms with Crippen molar-refractivity contribution in [1.29, 1.82) is 0 Å². The van der Waals surface area contributed by atoms with Gasteiger partial charge in [-0.3, -0.25) is 4.79 Å². The van der Waals surface area contributed by atoms with Crippen LogP contribution >= 0.6 is 0 Å². The molecule has 0 aliphatic heterocycles. The van der Waals surface area contributed by atoms with Gasteiger partial charge >= 0.3 is 6.18 Å². The van der Waals surface area contributed by atoms with Gasteiger partial charge in [0.15, 0.2) is 0 Å². The average Bonchev–Trinajstić information content (AvgIpc) is 2.70. The SMILES string of the molecule is CCc1ccc(Cn2c(-c3ccccc3)cc(C(F)(F)F)c(ON)c2=O)c(C)c1. The zero-order chi connectivity index (χ0) is 21.2. The lowest BCUT2D eigenvalue weighted by Gasteiger charge is -2.19. The van der Waals surface area contributed by atoms with Gasteiger partial charge in [0, 0.05) is 0 Å². The van der Waals surface area contributed by atoms with Crippen LogP contribution < -0.4 is 16.3 Å². The molecule has 3 rings (SSSR count). The smallest absolute Gasteiger partial charge is 0.405 e. The molecule has 4 nitrogen and oxygen atoms in total. The molecule has 1 heterocycles. The highest BCUT2D eigenvalue weighted by atomic mass is 19.4. The normalized spacial score (nSPS) is 11.5. The summed E-state index contributed by atoms with van der Waals surface area (Å²) in [7, 11) is 0. The van der Waals surface area contributed by atoms with Crippen LogP contribution in [0.25, 0.3) is 11.3 Å². The molecule has 0 saturated heterocycles. The number of hydrogen-bond acceptors (Lipinski definition) is 3. The average molecular weight is 402 g/mol. The summed E-state index contributed by atoms with van der Waals surface area (Å²) in [5.74, 6) is 4.14. The van der Waals surface area contributed by atoms with Crippen molar-refractivity contribution in [3.63, 3.8) is 0 Å². The topological polar surface area (TPSA) is 57.2 Å². The van der Waals surface area contributed by atoms with Crippen molar-refractivity contribution < 1.29 is 18.0 Å². The molecule has 0 spiro atoms. The van der Waals surface area contributed by atoms with Gasteiger partial charge in [-0.1, -0.05) is 55.5 Å². The maximum Gasteiger partial charge on any atom is 0.420 e. The Hall–Kier alpha value is -3.06. The summed E-state index contributed by atoms with van der Waals surface area (Å²) in [4.78, 5) is 17.3. The van der Waals surface area contributed by atoms with E-state index in [1.165, 1.54) is 4.57 Å². The summed E-state index contributed by atoms with van der Waals surface area (Å²) in [5.41, 5.74) is 1.41. The van der Waals surface area contributed by atoms with Crippen LogP contribution in [0.1, 0.15) is 29.2 Å². The van der Waals surface area contributed by atoms with Crippen LogP contribution in [-0.2, 0) is 19.1 Å². The molecule has 7 heteroatoms. The number of nitrogens with two attached hydrogens (primary N) is 1. The second-order valence-corrected chi connectivity index (χ2v) is 6.76. The highest BCUT2D eigenvalue weighted by Crippen LogP contribution is 2.36. The molecule has 0 bridgehead atoms. The van der Waals surface area contributed by atoms with Gasteiger partial charge in [-0.25, -0.2) is 0 Å². The third-order valence-corrected chi connectivity index (χ3v) is 4.89. The summed E-state index contributed by atoms with van der Waals surface area (Å²) in [6, 6.07) is 15.2. The van der Waals surface area contributed by atoms with E-state index >= 15 is 0 Å². The fourth-order valence-electron chi connectivity index (χ4n) is 3.28. The van der Waals surface area contributed by atoms with Crippen molar-refractivity contribution in [3.8, 4) is 17.0 Å². The van der Waals surface area contributed by atoms with E-state index < -0.39 is 23.0 Å². The van der Waals surface area contributed by atoms with E-state index in [0.29, 0.717) is 5.56 Å². The minimum absolute atomic E-state index is 0.0907. The van der Waals surface area contributed by atoms with Crippen molar-refractivity contribution >= 4 is 0 Å². The molecule has 0 radical (unpaired) electrons. The van der Waals surface area contributed by atoms with Gasteiger partial charge in [-0.15, -0.1) is 0 Å².